The van der Waals surface area contributed by atoms with Gasteiger partial charge in [0.25, 0.3) is 0 Å². The highest BCUT2D eigenvalue weighted by Crippen LogP contribution is 2.33. The van der Waals surface area contributed by atoms with E-state index >= 15 is 0 Å². The van der Waals surface area contributed by atoms with Crippen molar-refractivity contribution < 1.29 is 27.4 Å². The third kappa shape index (κ3) is 6.30. The van der Waals surface area contributed by atoms with Gasteiger partial charge in [0, 0.05) is 37.9 Å². The largest absolute Gasteiger partial charge is 0.464 e. The van der Waals surface area contributed by atoms with Crippen molar-refractivity contribution in [3.63, 3.8) is 0 Å². The average Bonchev–Trinajstić information content (AvgIpc) is 2.71. The fourth-order valence-corrected chi connectivity index (χ4v) is 4.90. The highest BCUT2D eigenvalue weighted by molar-refractivity contribution is 7.90. The van der Waals surface area contributed by atoms with Gasteiger partial charge >= 0.3 is 0 Å². The molecule has 0 aromatic heterocycles. The molecule has 1 aromatic rings. The van der Waals surface area contributed by atoms with E-state index in [9.17, 15) is 13.2 Å². The summed E-state index contributed by atoms with van der Waals surface area (Å²) >= 11 is 0. The first-order valence-electron chi connectivity index (χ1n) is 10.3. The topological polar surface area (TPSA) is 82.1 Å². The maximum atomic E-state index is 11.9. The normalized spacial score (nSPS) is 20.6. The van der Waals surface area contributed by atoms with E-state index in [1.807, 2.05) is 30.0 Å². The summed E-state index contributed by atoms with van der Waals surface area (Å²) in [7, 11) is -1.47. The molecule has 0 saturated carbocycles. The minimum absolute atomic E-state index is 0.0279. The number of piperidine rings is 1. The highest BCUT2D eigenvalue weighted by Gasteiger charge is 2.32. The van der Waals surface area contributed by atoms with Crippen LogP contribution in [-0.2, 0) is 37.1 Å². The van der Waals surface area contributed by atoms with Gasteiger partial charge in [-0.1, -0.05) is 17.7 Å². The Hall–Kier alpha value is -1.90. The smallest absolute Gasteiger partial charge is 0.248 e. The Morgan fingerprint density at radius 3 is 2.70 bits per heavy atom. The van der Waals surface area contributed by atoms with Crippen LogP contribution in [0.15, 0.2) is 29.8 Å². The molecule has 3 rings (SSSR count). The number of sulfone groups is 1. The molecule has 1 amide bonds. The number of hydrogen-bond donors (Lipinski definition) is 0. The van der Waals surface area contributed by atoms with Crippen molar-refractivity contribution in [3.8, 4) is 5.75 Å². The molecule has 8 heteroatoms. The molecule has 0 bridgehead atoms. The molecule has 0 aliphatic carbocycles. The molecule has 2 aliphatic rings. The van der Waals surface area contributed by atoms with Crippen LogP contribution in [0.25, 0.3) is 0 Å². The summed E-state index contributed by atoms with van der Waals surface area (Å²) in [5.41, 5.74) is 2.95. The van der Waals surface area contributed by atoms with Crippen LogP contribution in [0.4, 0.5) is 0 Å². The molecule has 1 saturated heterocycles. The number of likely N-dealkylation sites (tertiary alicyclic amines) is 1. The molecule has 7 nitrogen and oxygen atoms in total. The Morgan fingerprint density at radius 2 is 2.03 bits per heavy atom. The number of benzene rings is 1. The second kappa shape index (κ2) is 9.94. The lowest BCUT2D eigenvalue weighted by atomic mass is 9.95. The molecule has 0 N–H and O–H groups in total. The summed E-state index contributed by atoms with van der Waals surface area (Å²) in [6.07, 6.45) is 5.27. The molecular formula is C22H31NO6S. The molecule has 1 aromatic carbocycles. The Kier molecular flexibility index (Phi) is 7.55. The van der Waals surface area contributed by atoms with E-state index in [1.165, 1.54) is 13.4 Å². The van der Waals surface area contributed by atoms with Crippen molar-refractivity contribution in [2.75, 3.05) is 38.8 Å². The fourth-order valence-electron chi connectivity index (χ4n) is 3.95. The Labute approximate surface area is 178 Å². The molecule has 2 heterocycles. The first kappa shape index (κ1) is 22.8. The summed E-state index contributed by atoms with van der Waals surface area (Å²) < 4.78 is 39.8. The van der Waals surface area contributed by atoms with Crippen LogP contribution in [0.2, 0.25) is 0 Å². The quantitative estimate of drug-likeness (QED) is 0.609. The van der Waals surface area contributed by atoms with E-state index in [4.69, 9.17) is 14.2 Å². The molecule has 2 aliphatic heterocycles. The predicted molar refractivity (Wildman–Crippen MR) is 114 cm³/mol. The number of carbonyl (C=O) groups excluding carboxylic acids is 1. The van der Waals surface area contributed by atoms with Crippen LogP contribution in [0, 0.1) is 5.92 Å². The van der Waals surface area contributed by atoms with Crippen LogP contribution < -0.4 is 4.74 Å². The van der Waals surface area contributed by atoms with Crippen LogP contribution >= 0.6 is 0 Å². The van der Waals surface area contributed by atoms with E-state index < -0.39 is 9.84 Å². The summed E-state index contributed by atoms with van der Waals surface area (Å²) in [5.74, 6) is 1.21. The van der Waals surface area contributed by atoms with Crippen molar-refractivity contribution in [2.45, 2.75) is 39.1 Å². The molecule has 1 fully saturated rings. The SMILES string of the molecule is COCC(=O)N1CCC(C2OCc3cc(C/C=C(\C)CS(C)(=O)=O)ccc3O2)CC1. The number of carbonyl (C=O) groups is 1. The lowest BCUT2D eigenvalue weighted by Crippen LogP contribution is -2.45. The number of amides is 1. The highest BCUT2D eigenvalue weighted by atomic mass is 32.2. The molecular weight excluding hydrogens is 406 g/mol. The van der Waals surface area contributed by atoms with Gasteiger partial charge in [-0.25, -0.2) is 8.42 Å². The zero-order valence-corrected chi connectivity index (χ0v) is 18.7. The third-order valence-corrected chi connectivity index (χ3v) is 6.47. The van der Waals surface area contributed by atoms with E-state index in [-0.39, 0.29) is 30.5 Å². The Balaban J connectivity index is 1.55. The van der Waals surface area contributed by atoms with Gasteiger partial charge < -0.3 is 19.1 Å². The minimum atomic E-state index is -3.01. The predicted octanol–water partition coefficient (Wildman–Crippen LogP) is 2.34. The van der Waals surface area contributed by atoms with Gasteiger partial charge in [0.15, 0.2) is 9.84 Å². The van der Waals surface area contributed by atoms with Crippen molar-refractivity contribution in [3.05, 3.63) is 41.0 Å². The summed E-state index contributed by atoms with van der Waals surface area (Å²) in [6, 6.07) is 6.04. The zero-order chi connectivity index (χ0) is 21.7. The van der Waals surface area contributed by atoms with Gasteiger partial charge in [0.1, 0.15) is 12.4 Å². The fraction of sp³-hybridized carbons (Fsp3) is 0.591. The van der Waals surface area contributed by atoms with Crippen LogP contribution in [0.3, 0.4) is 0 Å². The van der Waals surface area contributed by atoms with Gasteiger partial charge in [0.2, 0.25) is 12.2 Å². The summed E-state index contributed by atoms with van der Waals surface area (Å²) in [4.78, 5) is 13.8. The monoisotopic (exact) mass is 437 g/mol. The number of hydrogen-bond acceptors (Lipinski definition) is 6. The van der Waals surface area contributed by atoms with Gasteiger partial charge in [0.05, 0.1) is 12.4 Å². The standard InChI is InChI=1S/C22H31NO6S/c1-16(15-30(3,25)26)4-5-17-6-7-20-19(12-17)13-28-22(29-20)18-8-10-23(11-9-18)21(24)14-27-2/h4,6-7,12,18,22H,5,8-11,13-15H2,1-3H3/b16-4+. The van der Waals surface area contributed by atoms with Crippen molar-refractivity contribution in [1.82, 2.24) is 4.90 Å². The average molecular weight is 438 g/mol. The van der Waals surface area contributed by atoms with E-state index in [1.54, 1.807) is 0 Å². The van der Waals surface area contributed by atoms with Crippen LogP contribution in [-0.4, -0.2) is 64.3 Å². The van der Waals surface area contributed by atoms with E-state index in [0.717, 1.165) is 35.3 Å². The Morgan fingerprint density at radius 1 is 1.30 bits per heavy atom. The Bertz CT molecular complexity index is 887. The minimum Gasteiger partial charge on any atom is -0.464 e. The van der Waals surface area contributed by atoms with Gasteiger partial charge in [-0.2, -0.15) is 0 Å². The molecule has 1 atom stereocenters. The maximum Gasteiger partial charge on any atom is 0.248 e. The number of methoxy groups -OCH3 is 1. The number of ether oxygens (including phenoxy) is 3. The van der Waals surface area contributed by atoms with Crippen molar-refractivity contribution in [2.24, 2.45) is 5.92 Å². The lowest BCUT2D eigenvalue weighted by Gasteiger charge is -2.37. The van der Waals surface area contributed by atoms with E-state index in [0.29, 0.717) is 26.1 Å². The van der Waals surface area contributed by atoms with Crippen molar-refractivity contribution >= 4 is 15.7 Å². The second-order valence-electron chi connectivity index (χ2n) is 8.22. The number of fused-ring (bicyclic) bond motifs is 1. The zero-order valence-electron chi connectivity index (χ0n) is 17.9. The maximum absolute atomic E-state index is 11.9. The molecule has 166 valence electrons. The summed E-state index contributed by atoms with van der Waals surface area (Å²) in [5, 5.41) is 0. The molecule has 0 radical (unpaired) electrons. The van der Waals surface area contributed by atoms with E-state index in [2.05, 4.69) is 6.07 Å². The molecule has 1 unspecified atom stereocenters. The van der Waals surface area contributed by atoms with Gasteiger partial charge in [-0.05, 0) is 43.9 Å². The first-order chi connectivity index (χ1) is 14.2. The summed E-state index contributed by atoms with van der Waals surface area (Å²) in [6.45, 7) is 3.84. The first-order valence-corrected chi connectivity index (χ1v) is 12.3. The van der Waals surface area contributed by atoms with Crippen LogP contribution in [0.1, 0.15) is 30.9 Å². The third-order valence-electron chi connectivity index (χ3n) is 5.49. The number of nitrogens with zero attached hydrogens (tertiary/aromatic N) is 1. The number of allylic oxidation sites excluding steroid dienone is 1. The number of rotatable bonds is 7. The molecule has 0 spiro atoms. The van der Waals surface area contributed by atoms with Gasteiger partial charge in [-0.15, -0.1) is 0 Å². The van der Waals surface area contributed by atoms with Crippen molar-refractivity contribution in [1.29, 1.82) is 0 Å². The van der Waals surface area contributed by atoms with Crippen LogP contribution in [0.5, 0.6) is 5.75 Å². The lowest BCUT2D eigenvalue weighted by molar-refractivity contribution is -0.155. The second-order valence-corrected chi connectivity index (χ2v) is 10.4. The van der Waals surface area contributed by atoms with Gasteiger partial charge in [-0.3, -0.25) is 4.79 Å². The molecule has 30 heavy (non-hydrogen) atoms.